The van der Waals surface area contributed by atoms with E-state index < -0.39 is 17.8 Å². The van der Waals surface area contributed by atoms with Crippen molar-refractivity contribution < 1.29 is 14.7 Å². The Labute approximate surface area is 125 Å². The zero-order valence-electron chi connectivity index (χ0n) is 12.9. The van der Waals surface area contributed by atoms with Gasteiger partial charge in [0.25, 0.3) is 0 Å². The van der Waals surface area contributed by atoms with Crippen LogP contribution < -0.4 is 4.90 Å². The third-order valence-corrected chi connectivity index (χ3v) is 4.58. The first kappa shape index (κ1) is 15.5. The monoisotopic (exact) mass is 289 g/mol. The second-order valence-electron chi connectivity index (χ2n) is 5.79. The molecule has 1 aliphatic heterocycles. The number of carbonyl (C=O) groups excluding carboxylic acids is 1. The fourth-order valence-electron chi connectivity index (χ4n) is 3.04. The lowest BCUT2D eigenvalue weighted by molar-refractivity contribution is -0.143. The van der Waals surface area contributed by atoms with Crippen molar-refractivity contribution in [2.45, 2.75) is 39.5 Å². The van der Waals surface area contributed by atoms with E-state index >= 15 is 0 Å². The summed E-state index contributed by atoms with van der Waals surface area (Å²) in [5.41, 5.74) is 1.73. The molecule has 0 aromatic heterocycles. The van der Waals surface area contributed by atoms with Crippen LogP contribution in [0.15, 0.2) is 24.3 Å². The van der Waals surface area contributed by atoms with Crippen LogP contribution in [0.2, 0.25) is 0 Å². The van der Waals surface area contributed by atoms with E-state index in [2.05, 4.69) is 13.8 Å². The summed E-state index contributed by atoms with van der Waals surface area (Å²) in [4.78, 5) is 25.8. The van der Waals surface area contributed by atoms with Gasteiger partial charge in [0.15, 0.2) is 0 Å². The van der Waals surface area contributed by atoms with Gasteiger partial charge in [-0.1, -0.05) is 51.8 Å². The number of rotatable bonds is 6. The van der Waals surface area contributed by atoms with Crippen molar-refractivity contribution in [3.05, 3.63) is 29.8 Å². The summed E-state index contributed by atoms with van der Waals surface area (Å²) < 4.78 is 0. The van der Waals surface area contributed by atoms with E-state index in [-0.39, 0.29) is 5.91 Å². The van der Waals surface area contributed by atoms with Gasteiger partial charge < -0.3 is 10.0 Å². The molecule has 1 aliphatic rings. The van der Waals surface area contributed by atoms with Gasteiger partial charge in [0, 0.05) is 12.2 Å². The van der Waals surface area contributed by atoms with Gasteiger partial charge in [-0.25, -0.2) is 0 Å². The maximum absolute atomic E-state index is 12.7. The van der Waals surface area contributed by atoms with E-state index in [4.69, 9.17) is 0 Å². The fourth-order valence-corrected chi connectivity index (χ4v) is 3.04. The lowest BCUT2D eigenvalue weighted by atomic mass is 9.88. The zero-order chi connectivity index (χ0) is 15.6. The number of carboxylic acids is 1. The van der Waals surface area contributed by atoms with Crippen LogP contribution in [-0.2, 0) is 9.59 Å². The molecule has 1 N–H and O–H groups in total. The average molecular weight is 289 g/mol. The van der Waals surface area contributed by atoms with E-state index in [1.54, 1.807) is 11.8 Å². The first-order valence-electron chi connectivity index (χ1n) is 7.64. The summed E-state index contributed by atoms with van der Waals surface area (Å²) in [6.07, 6.45) is 2.03. The van der Waals surface area contributed by atoms with Crippen molar-refractivity contribution in [3.63, 3.8) is 0 Å². The zero-order valence-corrected chi connectivity index (χ0v) is 12.9. The van der Waals surface area contributed by atoms with Crippen molar-refractivity contribution in [2.24, 2.45) is 11.8 Å². The number of hydrogen-bond acceptors (Lipinski definition) is 2. The third kappa shape index (κ3) is 2.80. The number of carbonyl (C=O) groups is 2. The van der Waals surface area contributed by atoms with Crippen LogP contribution in [0.3, 0.4) is 0 Å². The maximum atomic E-state index is 12.7. The van der Waals surface area contributed by atoms with Crippen LogP contribution in [0.25, 0.3) is 0 Å². The van der Waals surface area contributed by atoms with Gasteiger partial charge >= 0.3 is 5.97 Å². The summed E-state index contributed by atoms with van der Waals surface area (Å²) in [6, 6.07) is 7.57. The molecule has 0 saturated heterocycles. The van der Waals surface area contributed by atoms with Crippen molar-refractivity contribution in [3.8, 4) is 0 Å². The molecule has 0 spiro atoms. The van der Waals surface area contributed by atoms with Crippen LogP contribution in [0.1, 0.15) is 45.1 Å². The number of nitrogens with zero attached hydrogens (tertiary/aromatic N) is 1. The molecule has 0 radical (unpaired) electrons. The van der Waals surface area contributed by atoms with Crippen molar-refractivity contribution in [1.82, 2.24) is 0 Å². The first-order valence-corrected chi connectivity index (χ1v) is 7.64. The molecule has 1 aromatic rings. The topological polar surface area (TPSA) is 57.6 Å². The lowest BCUT2D eigenvalue weighted by Crippen LogP contribution is -2.36. The minimum Gasteiger partial charge on any atom is -0.481 e. The SMILES string of the molecule is CCC(CC)CN1C(=O)C(C(C)C(=O)O)c2ccccc21. The standard InChI is InChI=1S/C17H23NO3/c1-4-12(5-2)10-18-14-9-7-6-8-13(14)15(16(18)19)11(3)17(20)21/h6-9,11-12,15H,4-5,10H2,1-3H3,(H,20,21). The van der Waals surface area contributed by atoms with Crippen molar-refractivity contribution in [1.29, 1.82) is 0 Å². The van der Waals surface area contributed by atoms with Crippen molar-refractivity contribution >= 4 is 17.6 Å². The van der Waals surface area contributed by atoms with Crippen LogP contribution in [0.5, 0.6) is 0 Å². The molecule has 2 rings (SSSR count). The highest BCUT2D eigenvalue weighted by Crippen LogP contribution is 2.41. The molecular weight excluding hydrogens is 266 g/mol. The second kappa shape index (κ2) is 6.29. The van der Waals surface area contributed by atoms with Crippen molar-refractivity contribution in [2.75, 3.05) is 11.4 Å². The number of carboxylic acid groups (broad SMARTS) is 1. The van der Waals surface area contributed by atoms with Gasteiger partial charge in [0.05, 0.1) is 11.8 Å². The van der Waals surface area contributed by atoms with E-state index in [0.717, 1.165) is 24.1 Å². The summed E-state index contributed by atoms with van der Waals surface area (Å²) in [7, 11) is 0. The van der Waals surface area contributed by atoms with Gasteiger partial charge in [-0.2, -0.15) is 0 Å². The van der Waals surface area contributed by atoms with E-state index in [1.807, 2.05) is 24.3 Å². The Bertz CT molecular complexity index is 537. The minimum atomic E-state index is -0.924. The van der Waals surface area contributed by atoms with Gasteiger partial charge in [-0.15, -0.1) is 0 Å². The normalized spacial score (nSPS) is 19.0. The molecule has 2 unspecified atom stereocenters. The maximum Gasteiger partial charge on any atom is 0.307 e. The molecule has 0 fully saturated rings. The summed E-state index contributed by atoms with van der Waals surface area (Å²) in [6.45, 7) is 6.53. The summed E-state index contributed by atoms with van der Waals surface area (Å²) >= 11 is 0. The summed E-state index contributed by atoms with van der Waals surface area (Å²) in [5.74, 6) is -1.81. The fraction of sp³-hybridized carbons (Fsp3) is 0.529. The number of para-hydroxylation sites is 1. The molecule has 0 saturated carbocycles. The van der Waals surface area contributed by atoms with E-state index in [9.17, 15) is 14.7 Å². The van der Waals surface area contributed by atoms with Gasteiger partial charge in [-0.05, 0) is 17.5 Å². The average Bonchev–Trinajstić information content (AvgIpc) is 2.76. The Kier molecular flexibility index (Phi) is 4.66. The highest BCUT2D eigenvalue weighted by Gasteiger charge is 2.42. The number of hydrogen-bond donors (Lipinski definition) is 1. The molecule has 1 aromatic carbocycles. The van der Waals surface area contributed by atoms with Gasteiger partial charge in [0.2, 0.25) is 5.91 Å². The summed E-state index contributed by atoms with van der Waals surface area (Å²) in [5, 5.41) is 9.28. The number of anilines is 1. The molecule has 1 heterocycles. The van der Waals surface area contributed by atoms with Crippen LogP contribution in [0, 0.1) is 11.8 Å². The van der Waals surface area contributed by atoms with Crippen LogP contribution in [-0.4, -0.2) is 23.5 Å². The number of amides is 1. The molecule has 1 amide bonds. The minimum absolute atomic E-state index is 0.0713. The molecule has 0 bridgehead atoms. The third-order valence-electron chi connectivity index (χ3n) is 4.58. The molecule has 4 nitrogen and oxygen atoms in total. The predicted molar refractivity (Wildman–Crippen MR) is 82.4 cm³/mol. The lowest BCUT2D eigenvalue weighted by Gasteiger charge is -2.23. The predicted octanol–water partition coefficient (Wildman–Crippen LogP) is 3.27. The number of aliphatic carboxylic acids is 1. The van der Waals surface area contributed by atoms with Crippen LogP contribution in [0.4, 0.5) is 5.69 Å². The number of fused-ring (bicyclic) bond motifs is 1. The van der Waals surface area contributed by atoms with Gasteiger partial charge in [-0.3, -0.25) is 9.59 Å². The Morgan fingerprint density at radius 1 is 1.29 bits per heavy atom. The second-order valence-corrected chi connectivity index (χ2v) is 5.79. The van der Waals surface area contributed by atoms with Gasteiger partial charge in [0.1, 0.15) is 0 Å². The Morgan fingerprint density at radius 3 is 2.48 bits per heavy atom. The molecule has 21 heavy (non-hydrogen) atoms. The smallest absolute Gasteiger partial charge is 0.307 e. The first-order chi connectivity index (χ1) is 10.0. The molecule has 0 aliphatic carbocycles. The Hall–Kier alpha value is -1.84. The quantitative estimate of drug-likeness (QED) is 0.874. The Morgan fingerprint density at radius 2 is 1.90 bits per heavy atom. The molecular formula is C17H23NO3. The van der Waals surface area contributed by atoms with Crippen LogP contribution >= 0.6 is 0 Å². The Balaban J connectivity index is 2.37. The highest BCUT2D eigenvalue weighted by molar-refractivity contribution is 6.06. The van der Waals surface area contributed by atoms with E-state index in [0.29, 0.717) is 12.5 Å². The molecule has 4 heteroatoms. The molecule has 2 atom stereocenters. The number of benzene rings is 1. The highest BCUT2D eigenvalue weighted by atomic mass is 16.4. The molecule has 114 valence electrons. The largest absolute Gasteiger partial charge is 0.481 e. The van der Waals surface area contributed by atoms with E-state index in [1.165, 1.54) is 0 Å².